The van der Waals surface area contributed by atoms with Gasteiger partial charge >= 0.3 is 0 Å². The maximum Gasteiger partial charge on any atom is 0.143 e. The number of halogens is 3. The van der Waals surface area contributed by atoms with Gasteiger partial charge in [-0.3, -0.25) is 0 Å². The van der Waals surface area contributed by atoms with Crippen LogP contribution in [0.2, 0.25) is 10.0 Å². The van der Waals surface area contributed by atoms with E-state index in [1.165, 1.54) is 23.9 Å². The average molecular weight is 302 g/mol. The molecule has 0 unspecified atom stereocenters. The van der Waals surface area contributed by atoms with Gasteiger partial charge in [-0.15, -0.1) is 11.8 Å². The van der Waals surface area contributed by atoms with E-state index in [9.17, 15) is 4.39 Å². The molecule has 0 spiro atoms. The zero-order chi connectivity index (χ0) is 13.1. The van der Waals surface area contributed by atoms with E-state index >= 15 is 0 Å². The summed E-state index contributed by atoms with van der Waals surface area (Å²) in [5.74, 6) is 0.155. The lowest BCUT2D eigenvalue weighted by Crippen LogP contribution is -1.92. The highest BCUT2D eigenvalue weighted by molar-refractivity contribution is 7.98. The number of hydrogen-bond acceptors (Lipinski definition) is 2. The highest BCUT2D eigenvalue weighted by Crippen LogP contribution is 2.33. The number of nitrogen functional groups attached to an aromatic ring is 1. The predicted molar refractivity (Wildman–Crippen MR) is 76.8 cm³/mol. The zero-order valence-corrected chi connectivity index (χ0v) is 11.6. The van der Waals surface area contributed by atoms with Gasteiger partial charge in [0, 0.05) is 21.4 Å². The third-order valence-electron chi connectivity index (χ3n) is 2.39. The molecule has 94 valence electrons. The Kier molecular flexibility index (Phi) is 4.38. The summed E-state index contributed by atoms with van der Waals surface area (Å²) in [5.41, 5.74) is 7.13. The molecule has 18 heavy (non-hydrogen) atoms. The van der Waals surface area contributed by atoms with Gasteiger partial charge in [0.25, 0.3) is 0 Å². The van der Waals surface area contributed by atoms with E-state index in [2.05, 4.69) is 0 Å². The first-order valence-corrected chi connectivity index (χ1v) is 6.93. The molecule has 0 atom stereocenters. The van der Waals surface area contributed by atoms with Crippen LogP contribution in [0.15, 0.2) is 41.3 Å². The SMILES string of the molecule is Nc1cc(F)c(Cl)cc1SCc1ccccc1Cl. The van der Waals surface area contributed by atoms with Crippen molar-refractivity contribution >= 4 is 40.7 Å². The van der Waals surface area contributed by atoms with Gasteiger partial charge in [-0.05, 0) is 23.8 Å². The second-order valence-electron chi connectivity index (χ2n) is 3.68. The summed E-state index contributed by atoms with van der Waals surface area (Å²) in [6, 6.07) is 10.3. The topological polar surface area (TPSA) is 26.0 Å². The van der Waals surface area contributed by atoms with Crippen molar-refractivity contribution in [2.24, 2.45) is 0 Å². The van der Waals surface area contributed by atoms with E-state index in [4.69, 9.17) is 28.9 Å². The van der Waals surface area contributed by atoms with E-state index in [0.29, 0.717) is 16.5 Å². The molecule has 0 amide bonds. The number of rotatable bonds is 3. The van der Waals surface area contributed by atoms with E-state index < -0.39 is 5.82 Å². The van der Waals surface area contributed by atoms with Gasteiger partial charge in [0.1, 0.15) is 5.82 Å². The molecule has 0 heterocycles. The highest BCUT2D eigenvalue weighted by Gasteiger charge is 2.08. The lowest BCUT2D eigenvalue weighted by molar-refractivity contribution is 0.628. The van der Waals surface area contributed by atoms with Crippen LogP contribution < -0.4 is 5.73 Å². The molecule has 0 saturated carbocycles. The number of thioether (sulfide) groups is 1. The van der Waals surface area contributed by atoms with Crippen LogP contribution in [0.25, 0.3) is 0 Å². The molecule has 2 rings (SSSR count). The van der Waals surface area contributed by atoms with Crippen LogP contribution in [0.3, 0.4) is 0 Å². The summed E-state index contributed by atoms with van der Waals surface area (Å²) < 4.78 is 13.1. The smallest absolute Gasteiger partial charge is 0.143 e. The van der Waals surface area contributed by atoms with Gasteiger partial charge in [-0.1, -0.05) is 41.4 Å². The standard InChI is InChI=1S/C13H10Cl2FNS/c14-9-4-2-1-3-8(9)7-18-13-5-10(15)11(16)6-12(13)17/h1-6H,7,17H2. The minimum atomic E-state index is -0.503. The number of nitrogens with two attached hydrogens (primary N) is 1. The molecular weight excluding hydrogens is 292 g/mol. The summed E-state index contributed by atoms with van der Waals surface area (Å²) in [5, 5.41) is 0.780. The van der Waals surface area contributed by atoms with Gasteiger partial charge < -0.3 is 5.73 Å². The normalized spacial score (nSPS) is 10.6. The van der Waals surface area contributed by atoms with E-state index in [1.54, 1.807) is 0 Å². The molecular formula is C13H10Cl2FNS. The molecule has 2 N–H and O–H groups in total. The Labute approximate surface area is 119 Å². The Hall–Kier alpha value is -0.900. The Balaban J connectivity index is 2.16. The largest absolute Gasteiger partial charge is 0.398 e. The van der Waals surface area contributed by atoms with Crippen LogP contribution in [0.4, 0.5) is 10.1 Å². The lowest BCUT2D eigenvalue weighted by Gasteiger charge is -2.08. The van der Waals surface area contributed by atoms with Crippen molar-refractivity contribution in [1.82, 2.24) is 0 Å². The van der Waals surface area contributed by atoms with Crippen LogP contribution in [-0.4, -0.2) is 0 Å². The van der Waals surface area contributed by atoms with Crippen molar-refractivity contribution in [3.8, 4) is 0 Å². The maximum atomic E-state index is 13.1. The Bertz CT molecular complexity index is 575. The summed E-state index contributed by atoms with van der Waals surface area (Å²) in [4.78, 5) is 0.751. The fraction of sp³-hybridized carbons (Fsp3) is 0.0769. The van der Waals surface area contributed by atoms with Crippen LogP contribution in [-0.2, 0) is 5.75 Å². The predicted octanol–water partition coefficient (Wildman–Crippen LogP) is 5.01. The number of benzene rings is 2. The molecule has 1 nitrogen and oxygen atoms in total. The third kappa shape index (κ3) is 3.10. The molecule has 0 radical (unpaired) electrons. The second kappa shape index (κ2) is 5.83. The molecule has 5 heteroatoms. The molecule has 0 aliphatic carbocycles. The van der Waals surface area contributed by atoms with Crippen LogP contribution in [0.5, 0.6) is 0 Å². The Morgan fingerprint density at radius 1 is 1.11 bits per heavy atom. The Morgan fingerprint density at radius 2 is 1.83 bits per heavy atom. The zero-order valence-electron chi connectivity index (χ0n) is 9.29. The first-order chi connectivity index (χ1) is 8.58. The first kappa shape index (κ1) is 13.5. The molecule has 2 aromatic carbocycles. The average Bonchev–Trinajstić information content (AvgIpc) is 2.34. The van der Waals surface area contributed by atoms with Crippen molar-refractivity contribution in [2.45, 2.75) is 10.6 Å². The Morgan fingerprint density at radius 3 is 2.56 bits per heavy atom. The van der Waals surface area contributed by atoms with Crippen molar-refractivity contribution in [1.29, 1.82) is 0 Å². The fourth-order valence-corrected chi connectivity index (χ4v) is 2.94. The molecule has 0 saturated heterocycles. The van der Waals surface area contributed by atoms with Gasteiger partial charge in [0.05, 0.1) is 5.02 Å². The summed E-state index contributed by atoms with van der Waals surface area (Å²) in [6.45, 7) is 0. The van der Waals surface area contributed by atoms with Crippen molar-refractivity contribution in [2.75, 3.05) is 5.73 Å². The van der Waals surface area contributed by atoms with Gasteiger partial charge in [-0.2, -0.15) is 0 Å². The summed E-state index contributed by atoms with van der Waals surface area (Å²) >= 11 is 13.3. The summed E-state index contributed by atoms with van der Waals surface area (Å²) in [7, 11) is 0. The van der Waals surface area contributed by atoms with Crippen LogP contribution >= 0.6 is 35.0 Å². The number of hydrogen-bond donors (Lipinski definition) is 1. The minimum Gasteiger partial charge on any atom is -0.398 e. The molecule has 0 aromatic heterocycles. The first-order valence-electron chi connectivity index (χ1n) is 5.18. The van der Waals surface area contributed by atoms with E-state index in [-0.39, 0.29) is 5.02 Å². The molecule has 0 aliphatic heterocycles. The van der Waals surface area contributed by atoms with Gasteiger partial charge in [0.2, 0.25) is 0 Å². The van der Waals surface area contributed by atoms with E-state index in [0.717, 1.165) is 10.5 Å². The second-order valence-corrected chi connectivity index (χ2v) is 5.52. The van der Waals surface area contributed by atoms with E-state index in [1.807, 2.05) is 24.3 Å². The quantitative estimate of drug-likeness (QED) is 0.637. The van der Waals surface area contributed by atoms with Gasteiger partial charge in [0.15, 0.2) is 0 Å². The molecule has 2 aromatic rings. The maximum absolute atomic E-state index is 13.1. The van der Waals surface area contributed by atoms with Crippen molar-refractivity contribution in [3.63, 3.8) is 0 Å². The van der Waals surface area contributed by atoms with Crippen molar-refractivity contribution in [3.05, 3.63) is 57.8 Å². The lowest BCUT2D eigenvalue weighted by atomic mass is 10.2. The monoisotopic (exact) mass is 301 g/mol. The highest BCUT2D eigenvalue weighted by atomic mass is 35.5. The summed E-state index contributed by atoms with van der Waals surface area (Å²) in [6.07, 6.45) is 0. The minimum absolute atomic E-state index is 0.0749. The van der Waals surface area contributed by atoms with Gasteiger partial charge in [-0.25, -0.2) is 4.39 Å². The number of anilines is 1. The molecule has 0 fully saturated rings. The molecule has 0 bridgehead atoms. The fourth-order valence-electron chi connectivity index (χ4n) is 1.44. The van der Waals surface area contributed by atoms with Crippen LogP contribution in [0.1, 0.15) is 5.56 Å². The molecule has 0 aliphatic rings. The third-order valence-corrected chi connectivity index (χ3v) is 4.17. The van der Waals surface area contributed by atoms with Crippen LogP contribution in [0, 0.1) is 5.82 Å². The van der Waals surface area contributed by atoms with Crippen molar-refractivity contribution < 1.29 is 4.39 Å².